The molecule has 120 valence electrons. The Morgan fingerprint density at radius 3 is 1.71 bits per heavy atom. The van der Waals surface area contributed by atoms with Crippen LogP contribution >= 0.6 is 0 Å². The van der Waals surface area contributed by atoms with Crippen LogP contribution in [-0.2, 0) is 17.3 Å². The average molecular weight is 290 g/mol. The average Bonchev–Trinajstić information content (AvgIpc) is 2.23. The van der Waals surface area contributed by atoms with Crippen LogP contribution in [-0.4, -0.2) is 5.11 Å². The predicted octanol–water partition coefficient (Wildman–Crippen LogP) is 5.97. The third kappa shape index (κ3) is 4.25. The Morgan fingerprint density at radius 2 is 1.33 bits per heavy atom. The van der Waals surface area contributed by atoms with Crippen molar-refractivity contribution in [3.63, 3.8) is 0 Å². The Labute approximate surface area is 131 Å². The molecule has 1 N–H and O–H groups in total. The van der Waals surface area contributed by atoms with E-state index in [1.165, 1.54) is 5.56 Å². The maximum Gasteiger partial charge on any atom is 0.122 e. The van der Waals surface area contributed by atoms with Gasteiger partial charge in [-0.2, -0.15) is 0 Å². The molecule has 0 spiro atoms. The highest BCUT2D eigenvalue weighted by atomic mass is 16.3. The lowest BCUT2D eigenvalue weighted by Crippen LogP contribution is -2.26. The Balaban J connectivity index is 3.41. The fourth-order valence-corrected chi connectivity index (χ4v) is 3.66. The zero-order chi connectivity index (χ0) is 16.6. The number of phenolic OH excluding ortho intramolecular Hbond substituents is 1. The monoisotopic (exact) mass is 290 g/mol. The molecule has 21 heavy (non-hydrogen) atoms. The van der Waals surface area contributed by atoms with E-state index < -0.39 is 0 Å². The van der Waals surface area contributed by atoms with E-state index in [-0.39, 0.29) is 16.2 Å². The SMILES string of the molecule is CCc1c(C(C)(C)C)ccc(C(C)(C)CC(C)(C)C)c1O. The minimum Gasteiger partial charge on any atom is -0.507 e. The van der Waals surface area contributed by atoms with Gasteiger partial charge in [0.2, 0.25) is 0 Å². The molecule has 0 unspecified atom stereocenters. The molecule has 0 bridgehead atoms. The van der Waals surface area contributed by atoms with Gasteiger partial charge in [0.1, 0.15) is 5.75 Å². The summed E-state index contributed by atoms with van der Waals surface area (Å²) in [6.45, 7) is 20.0. The minimum atomic E-state index is -0.0251. The van der Waals surface area contributed by atoms with Gasteiger partial charge in [0.05, 0.1) is 0 Å². The summed E-state index contributed by atoms with van der Waals surface area (Å²) in [6, 6.07) is 4.36. The fourth-order valence-electron chi connectivity index (χ4n) is 3.66. The first-order chi connectivity index (χ1) is 9.29. The van der Waals surface area contributed by atoms with E-state index in [1.807, 2.05) is 0 Å². The molecule has 0 aromatic heterocycles. The van der Waals surface area contributed by atoms with Gasteiger partial charge >= 0.3 is 0 Å². The van der Waals surface area contributed by atoms with Gasteiger partial charge in [0.25, 0.3) is 0 Å². The Hall–Kier alpha value is -0.980. The van der Waals surface area contributed by atoms with Gasteiger partial charge in [-0.1, -0.05) is 74.4 Å². The summed E-state index contributed by atoms with van der Waals surface area (Å²) >= 11 is 0. The molecule has 0 amide bonds. The van der Waals surface area contributed by atoms with Crippen LogP contribution in [0.3, 0.4) is 0 Å². The standard InChI is InChI=1S/C20H34O/c1-10-14-15(19(5,6)7)11-12-16(17(14)21)20(8,9)13-18(2,3)4/h11-12,21H,10,13H2,1-9H3. The van der Waals surface area contributed by atoms with Crippen molar-refractivity contribution in [1.82, 2.24) is 0 Å². The first kappa shape index (κ1) is 18.1. The summed E-state index contributed by atoms with van der Waals surface area (Å²) in [5.41, 5.74) is 3.74. The maximum absolute atomic E-state index is 10.9. The summed E-state index contributed by atoms with van der Waals surface area (Å²) in [7, 11) is 0. The highest BCUT2D eigenvalue weighted by molar-refractivity contribution is 5.50. The Bertz CT molecular complexity index is 496. The molecule has 0 aliphatic rings. The second-order valence-electron chi connectivity index (χ2n) is 9.21. The topological polar surface area (TPSA) is 20.2 Å². The van der Waals surface area contributed by atoms with Crippen LogP contribution < -0.4 is 0 Å². The van der Waals surface area contributed by atoms with E-state index in [2.05, 4.69) is 74.4 Å². The molecule has 0 aliphatic carbocycles. The molecule has 1 heteroatoms. The molecule has 0 saturated heterocycles. The lowest BCUT2D eigenvalue weighted by Gasteiger charge is -2.35. The summed E-state index contributed by atoms with van der Waals surface area (Å²) in [5.74, 6) is 0.513. The lowest BCUT2D eigenvalue weighted by atomic mass is 9.70. The molecule has 1 rings (SSSR count). The van der Waals surface area contributed by atoms with Crippen molar-refractivity contribution >= 4 is 0 Å². The van der Waals surface area contributed by atoms with Crippen LogP contribution in [0.15, 0.2) is 12.1 Å². The molecule has 0 heterocycles. The second-order valence-corrected chi connectivity index (χ2v) is 9.21. The van der Waals surface area contributed by atoms with Crippen LogP contribution in [0.25, 0.3) is 0 Å². The Morgan fingerprint density at radius 1 is 0.857 bits per heavy atom. The lowest BCUT2D eigenvalue weighted by molar-refractivity contribution is 0.278. The van der Waals surface area contributed by atoms with Gasteiger partial charge in [0, 0.05) is 0 Å². The number of hydrogen-bond acceptors (Lipinski definition) is 1. The second kappa shape index (κ2) is 5.66. The van der Waals surface area contributed by atoms with Crippen molar-refractivity contribution in [2.75, 3.05) is 0 Å². The zero-order valence-corrected chi connectivity index (χ0v) is 15.5. The molecule has 0 fully saturated rings. The quantitative estimate of drug-likeness (QED) is 0.727. The normalized spacial score (nSPS) is 13.6. The fraction of sp³-hybridized carbons (Fsp3) is 0.700. The molecule has 0 saturated carbocycles. The summed E-state index contributed by atoms with van der Waals surface area (Å²) < 4.78 is 0. The van der Waals surface area contributed by atoms with E-state index in [9.17, 15) is 5.11 Å². The third-order valence-corrected chi connectivity index (χ3v) is 4.15. The largest absolute Gasteiger partial charge is 0.507 e. The summed E-state index contributed by atoms with van der Waals surface area (Å²) in [4.78, 5) is 0. The van der Waals surface area contributed by atoms with E-state index >= 15 is 0 Å². The van der Waals surface area contributed by atoms with Crippen LogP contribution in [0.4, 0.5) is 0 Å². The van der Waals surface area contributed by atoms with Gasteiger partial charge in [-0.05, 0) is 45.8 Å². The Kier molecular flexibility index (Phi) is 4.87. The number of phenols is 1. The van der Waals surface area contributed by atoms with Gasteiger partial charge in [-0.15, -0.1) is 0 Å². The number of hydrogen-bond donors (Lipinski definition) is 1. The number of benzene rings is 1. The van der Waals surface area contributed by atoms with Gasteiger partial charge in [-0.3, -0.25) is 0 Å². The van der Waals surface area contributed by atoms with Crippen molar-refractivity contribution in [1.29, 1.82) is 0 Å². The zero-order valence-electron chi connectivity index (χ0n) is 15.5. The molecule has 1 nitrogen and oxygen atoms in total. The van der Waals surface area contributed by atoms with E-state index in [4.69, 9.17) is 0 Å². The molecule has 1 aromatic rings. The predicted molar refractivity (Wildman–Crippen MR) is 93.3 cm³/mol. The first-order valence-electron chi connectivity index (χ1n) is 8.15. The van der Waals surface area contributed by atoms with Crippen LogP contribution in [0.5, 0.6) is 5.75 Å². The molecule has 1 aromatic carbocycles. The van der Waals surface area contributed by atoms with Crippen LogP contribution in [0, 0.1) is 5.41 Å². The molecular formula is C20H34O. The molecule has 0 aliphatic heterocycles. The molecule has 0 radical (unpaired) electrons. The van der Waals surface area contributed by atoms with Crippen molar-refractivity contribution in [2.45, 2.75) is 86.0 Å². The van der Waals surface area contributed by atoms with Gasteiger partial charge in [-0.25, -0.2) is 0 Å². The van der Waals surface area contributed by atoms with Crippen LogP contribution in [0.2, 0.25) is 0 Å². The van der Waals surface area contributed by atoms with Crippen molar-refractivity contribution < 1.29 is 5.11 Å². The summed E-state index contributed by atoms with van der Waals surface area (Å²) in [5, 5.41) is 10.9. The number of rotatable bonds is 3. The van der Waals surface area contributed by atoms with Gasteiger partial charge < -0.3 is 5.11 Å². The van der Waals surface area contributed by atoms with E-state index in [0.29, 0.717) is 5.75 Å². The van der Waals surface area contributed by atoms with Crippen molar-refractivity contribution in [2.24, 2.45) is 5.41 Å². The van der Waals surface area contributed by atoms with E-state index in [0.717, 1.165) is 24.0 Å². The molecular weight excluding hydrogens is 256 g/mol. The van der Waals surface area contributed by atoms with Crippen LogP contribution in [0.1, 0.15) is 85.4 Å². The third-order valence-electron chi connectivity index (χ3n) is 4.15. The molecule has 0 atom stereocenters. The highest BCUT2D eigenvalue weighted by Gasteiger charge is 2.31. The highest BCUT2D eigenvalue weighted by Crippen LogP contribution is 2.43. The maximum atomic E-state index is 10.9. The smallest absolute Gasteiger partial charge is 0.122 e. The number of aromatic hydroxyl groups is 1. The first-order valence-corrected chi connectivity index (χ1v) is 8.15. The van der Waals surface area contributed by atoms with E-state index in [1.54, 1.807) is 0 Å². The van der Waals surface area contributed by atoms with Crippen molar-refractivity contribution in [3.8, 4) is 5.75 Å². The van der Waals surface area contributed by atoms with Gasteiger partial charge in [0.15, 0.2) is 0 Å². The summed E-state index contributed by atoms with van der Waals surface area (Å²) in [6.07, 6.45) is 1.92. The van der Waals surface area contributed by atoms with Crippen molar-refractivity contribution in [3.05, 3.63) is 28.8 Å². The minimum absolute atomic E-state index is 0.0251.